The molecule has 1 aromatic rings. The summed E-state index contributed by atoms with van der Waals surface area (Å²) < 4.78 is 26.2. The van der Waals surface area contributed by atoms with E-state index in [9.17, 15) is 13.2 Å². The lowest BCUT2D eigenvalue weighted by atomic mass is 10.1. The Morgan fingerprint density at radius 2 is 1.77 bits per heavy atom. The van der Waals surface area contributed by atoms with Crippen LogP contribution in [-0.4, -0.2) is 62.8 Å². The van der Waals surface area contributed by atoms with Crippen molar-refractivity contribution < 1.29 is 13.2 Å². The summed E-state index contributed by atoms with van der Waals surface area (Å²) in [4.78, 5) is 14.9. The quantitative estimate of drug-likeness (QED) is 0.702. The van der Waals surface area contributed by atoms with Crippen molar-refractivity contribution in [3.05, 3.63) is 29.8 Å². The van der Waals surface area contributed by atoms with Crippen molar-refractivity contribution in [2.45, 2.75) is 50.5 Å². The maximum absolute atomic E-state index is 12.4. The number of nitrogens with one attached hydrogen (secondary N) is 1. The van der Waals surface area contributed by atoms with Gasteiger partial charge in [-0.2, -0.15) is 4.31 Å². The molecule has 0 saturated carbocycles. The third-order valence-electron chi connectivity index (χ3n) is 4.91. The molecule has 1 aliphatic heterocycles. The fourth-order valence-corrected chi connectivity index (χ4v) is 4.38. The molecular weight excluding hydrogens is 350 g/mol. The van der Waals surface area contributed by atoms with Gasteiger partial charge in [-0.15, -0.1) is 0 Å². The molecule has 0 bridgehead atoms. The summed E-state index contributed by atoms with van der Waals surface area (Å²) in [6.45, 7) is 7.61. The predicted molar refractivity (Wildman–Crippen MR) is 104 cm³/mol. The zero-order valence-corrected chi connectivity index (χ0v) is 16.9. The molecule has 7 heteroatoms. The summed E-state index contributed by atoms with van der Waals surface area (Å²) in [6, 6.07) is 6.01. The van der Waals surface area contributed by atoms with E-state index in [1.54, 1.807) is 19.2 Å². The van der Waals surface area contributed by atoms with Crippen LogP contribution in [0, 0.1) is 0 Å². The average molecular weight is 382 g/mol. The van der Waals surface area contributed by atoms with Crippen LogP contribution in [0.1, 0.15) is 49.9 Å². The Morgan fingerprint density at radius 3 is 2.35 bits per heavy atom. The van der Waals surface area contributed by atoms with Gasteiger partial charge in [-0.25, -0.2) is 8.42 Å². The number of amides is 1. The van der Waals surface area contributed by atoms with Crippen molar-refractivity contribution in [3.63, 3.8) is 0 Å². The molecule has 6 nitrogen and oxygen atoms in total. The normalized spacial score (nSPS) is 16.2. The van der Waals surface area contributed by atoms with Crippen molar-refractivity contribution in [2.24, 2.45) is 0 Å². The summed E-state index contributed by atoms with van der Waals surface area (Å²) >= 11 is 0. The van der Waals surface area contributed by atoms with Crippen molar-refractivity contribution in [1.82, 2.24) is 14.5 Å². The first-order chi connectivity index (χ1) is 12.3. The molecule has 0 spiro atoms. The SMILES string of the molecule is CC(C)N(C)S(=O)(=O)c1ccc(C(=O)NCCCN2CCCCC2)cc1. The van der Waals surface area contributed by atoms with E-state index in [2.05, 4.69) is 10.2 Å². The predicted octanol–water partition coefficient (Wildman–Crippen LogP) is 2.32. The minimum atomic E-state index is -3.52. The molecule has 1 heterocycles. The number of hydrogen-bond donors (Lipinski definition) is 1. The molecule has 1 fully saturated rings. The molecule has 0 aromatic heterocycles. The van der Waals surface area contributed by atoms with E-state index in [1.807, 2.05) is 13.8 Å². The molecule has 1 saturated heterocycles. The summed E-state index contributed by atoms with van der Waals surface area (Å²) in [7, 11) is -1.96. The Labute approximate surface area is 157 Å². The number of carbonyl (C=O) groups excluding carboxylic acids is 1. The molecular formula is C19H31N3O3S. The van der Waals surface area contributed by atoms with E-state index in [4.69, 9.17) is 0 Å². The standard InChI is InChI=1S/C19H31N3O3S/c1-16(2)21(3)26(24,25)18-10-8-17(9-11-18)19(23)20-12-7-15-22-13-5-4-6-14-22/h8-11,16H,4-7,12-15H2,1-3H3,(H,20,23). The van der Waals surface area contributed by atoms with Crippen LogP contribution in [0.3, 0.4) is 0 Å². The maximum atomic E-state index is 12.4. The topological polar surface area (TPSA) is 69.7 Å². The van der Waals surface area contributed by atoms with Crippen LogP contribution in [-0.2, 0) is 10.0 Å². The van der Waals surface area contributed by atoms with Gasteiger partial charge < -0.3 is 10.2 Å². The monoisotopic (exact) mass is 381 g/mol. The number of likely N-dealkylation sites (tertiary alicyclic amines) is 1. The lowest BCUT2D eigenvalue weighted by molar-refractivity contribution is 0.0951. The molecule has 0 radical (unpaired) electrons. The Kier molecular flexibility index (Phi) is 7.61. The summed E-state index contributed by atoms with van der Waals surface area (Å²) in [5, 5.41) is 2.91. The highest BCUT2D eigenvalue weighted by Gasteiger charge is 2.23. The van der Waals surface area contributed by atoms with Gasteiger partial charge in [-0.1, -0.05) is 6.42 Å². The van der Waals surface area contributed by atoms with Crippen LogP contribution < -0.4 is 5.32 Å². The summed E-state index contributed by atoms with van der Waals surface area (Å²) in [6.07, 6.45) is 4.80. The molecule has 2 rings (SSSR count). The molecule has 1 amide bonds. The van der Waals surface area contributed by atoms with E-state index in [0.717, 1.165) is 26.1 Å². The second-order valence-electron chi connectivity index (χ2n) is 7.15. The lowest BCUT2D eigenvalue weighted by Crippen LogP contribution is -2.33. The van der Waals surface area contributed by atoms with Gasteiger partial charge in [0.15, 0.2) is 0 Å². The maximum Gasteiger partial charge on any atom is 0.251 e. The van der Waals surface area contributed by atoms with Gasteiger partial charge in [0, 0.05) is 25.2 Å². The molecule has 0 aliphatic carbocycles. The number of carbonyl (C=O) groups is 1. The molecule has 0 unspecified atom stereocenters. The van der Waals surface area contributed by atoms with Crippen molar-refractivity contribution in [1.29, 1.82) is 0 Å². The van der Waals surface area contributed by atoms with Gasteiger partial charge in [0.25, 0.3) is 5.91 Å². The number of rotatable bonds is 8. The zero-order chi connectivity index (χ0) is 19.2. The van der Waals surface area contributed by atoms with Gasteiger partial charge in [0.1, 0.15) is 0 Å². The van der Waals surface area contributed by atoms with Gasteiger partial charge >= 0.3 is 0 Å². The van der Waals surface area contributed by atoms with Gasteiger partial charge in [-0.05, 0) is 77.0 Å². The third-order valence-corrected chi connectivity index (χ3v) is 6.95. The highest BCUT2D eigenvalue weighted by molar-refractivity contribution is 7.89. The van der Waals surface area contributed by atoms with Gasteiger partial charge in [0.05, 0.1) is 4.90 Å². The van der Waals surface area contributed by atoms with Crippen molar-refractivity contribution in [2.75, 3.05) is 33.2 Å². The van der Waals surface area contributed by atoms with Gasteiger partial charge in [-0.3, -0.25) is 4.79 Å². The minimum absolute atomic E-state index is 0.122. The van der Waals surface area contributed by atoms with E-state index in [-0.39, 0.29) is 16.8 Å². The first-order valence-corrected chi connectivity index (χ1v) is 10.8. The van der Waals surface area contributed by atoms with E-state index >= 15 is 0 Å². The summed E-state index contributed by atoms with van der Waals surface area (Å²) in [5.74, 6) is -0.162. The largest absolute Gasteiger partial charge is 0.352 e. The Hall–Kier alpha value is -1.44. The van der Waals surface area contributed by atoms with Crippen LogP contribution in [0.2, 0.25) is 0 Å². The molecule has 146 valence electrons. The second kappa shape index (κ2) is 9.48. The van der Waals surface area contributed by atoms with E-state index < -0.39 is 10.0 Å². The molecule has 26 heavy (non-hydrogen) atoms. The first-order valence-electron chi connectivity index (χ1n) is 9.41. The molecule has 0 atom stereocenters. The van der Waals surface area contributed by atoms with E-state index in [0.29, 0.717) is 12.1 Å². The smallest absolute Gasteiger partial charge is 0.251 e. The highest BCUT2D eigenvalue weighted by Crippen LogP contribution is 2.17. The fourth-order valence-electron chi connectivity index (χ4n) is 3.01. The average Bonchev–Trinajstić information content (AvgIpc) is 2.65. The molecule has 1 aliphatic rings. The van der Waals surface area contributed by atoms with Crippen LogP contribution in [0.25, 0.3) is 0 Å². The summed E-state index contributed by atoms with van der Waals surface area (Å²) in [5.41, 5.74) is 0.481. The number of piperidine rings is 1. The Morgan fingerprint density at radius 1 is 1.15 bits per heavy atom. The highest BCUT2D eigenvalue weighted by atomic mass is 32.2. The first kappa shape index (κ1) is 20.9. The van der Waals surface area contributed by atoms with Crippen LogP contribution in [0.4, 0.5) is 0 Å². The Bertz CT molecular complexity index is 680. The fraction of sp³-hybridized carbons (Fsp3) is 0.632. The lowest BCUT2D eigenvalue weighted by Gasteiger charge is -2.26. The zero-order valence-electron chi connectivity index (χ0n) is 16.1. The minimum Gasteiger partial charge on any atom is -0.352 e. The number of sulfonamides is 1. The van der Waals surface area contributed by atoms with Crippen LogP contribution in [0.5, 0.6) is 0 Å². The van der Waals surface area contributed by atoms with Crippen LogP contribution in [0.15, 0.2) is 29.2 Å². The van der Waals surface area contributed by atoms with Gasteiger partial charge in [0.2, 0.25) is 10.0 Å². The third kappa shape index (κ3) is 5.53. The van der Waals surface area contributed by atoms with E-state index in [1.165, 1.54) is 35.7 Å². The van der Waals surface area contributed by atoms with Crippen molar-refractivity contribution in [3.8, 4) is 0 Å². The number of nitrogens with zero attached hydrogens (tertiary/aromatic N) is 2. The van der Waals surface area contributed by atoms with Crippen LogP contribution >= 0.6 is 0 Å². The van der Waals surface area contributed by atoms with Crippen molar-refractivity contribution >= 4 is 15.9 Å². The molecule has 1 N–H and O–H groups in total. The molecule has 1 aromatic carbocycles. The second-order valence-corrected chi connectivity index (χ2v) is 9.15. The number of benzene rings is 1. The number of hydrogen-bond acceptors (Lipinski definition) is 4. The Balaban J connectivity index is 1.84.